The van der Waals surface area contributed by atoms with Gasteiger partial charge in [-0.2, -0.15) is 0 Å². The predicted octanol–water partition coefficient (Wildman–Crippen LogP) is 2.62. The fourth-order valence-electron chi connectivity index (χ4n) is 1.92. The van der Waals surface area contributed by atoms with Crippen LogP contribution in [-0.4, -0.2) is 28.9 Å². The smallest absolute Gasteiger partial charge is 0.269 e. The van der Waals surface area contributed by atoms with Crippen LogP contribution in [0.1, 0.15) is 11.1 Å². The standard InChI is InChI=1S/C16H16N2O3/c19-12-15(10-13-4-2-1-3-5-13)17-11-14-6-8-16(9-7-14)18(20)21/h1-9,11,15,19H,10,12H2/t15-/m0/s1. The van der Waals surface area contributed by atoms with E-state index in [9.17, 15) is 15.2 Å². The van der Waals surface area contributed by atoms with Crippen molar-refractivity contribution < 1.29 is 10.0 Å². The molecule has 0 fully saturated rings. The minimum Gasteiger partial charge on any atom is -0.394 e. The van der Waals surface area contributed by atoms with Crippen molar-refractivity contribution in [2.24, 2.45) is 4.99 Å². The third kappa shape index (κ3) is 4.50. The zero-order valence-electron chi connectivity index (χ0n) is 11.4. The lowest BCUT2D eigenvalue weighted by Crippen LogP contribution is -2.14. The molecule has 0 bridgehead atoms. The summed E-state index contributed by atoms with van der Waals surface area (Å²) >= 11 is 0. The third-order valence-electron chi connectivity index (χ3n) is 3.06. The second-order valence-electron chi connectivity index (χ2n) is 4.65. The van der Waals surface area contributed by atoms with Gasteiger partial charge in [0.1, 0.15) is 0 Å². The number of nitro groups is 1. The van der Waals surface area contributed by atoms with Gasteiger partial charge in [-0.25, -0.2) is 0 Å². The maximum Gasteiger partial charge on any atom is 0.269 e. The molecular weight excluding hydrogens is 268 g/mol. The van der Waals surface area contributed by atoms with Gasteiger partial charge in [0.15, 0.2) is 0 Å². The fourth-order valence-corrected chi connectivity index (χ4v) is 1.92. The lowest BCUT2D eigenvalue weighted by atomic mass is 10.1. The number of aliphatic hydroxyl groups excluding tert-OH is 1. The quantitative estimate of drug-likeness (QED) is 0.503. The van der Waals surface area contributed by atoms with Gasteiger partial charge in [0.2, 0.25) is 0 Å². The van der Waals surface area contributed by atoms with Crippen molar-refractivity contribution in [2.45, 2.75) is 12.5 Å². The van der Waals surface area contributed by atoms with E-state index in [4.69, 9.17) is 0 Å². The molecule has 0 saturated carbocycles. The molecule has 5 heteroatoms. The predicted molar refractivity (Wildman–Crippen MR) is 81.7 cm³/mol. The normalized spacial score (nSPS) is 12.4. The molecule has 0 unspecified atom stereocenters. The summed E-state index contributed by atoms with van der Waals surface area (Å²) in [7, 11) is 0. The van der Waals surface area contributed by atoms with Crippen LogP contribution >= 0.6 is 0 Å². The molecule has 108 valence electrons. The molecule has 1 atom stereocenters. The van der Waals surface area contributed by atoms with Crippen molar-refractivity contribution >= 4 is 11.9 Å². The van der Waals surface area contributed by atoms with Gasteiger partial charge in [-0.05, 0) is 29.7 Å². The summed E-state index contributed by atoms with van der Waals surface area (Å²) in [6.45, 7) is -0.0433. The molecule has 0 aliphatic heterocycles. The van der Waals surface area contributed by atoms with Crippen LogP contribution in [0.2, 0.25) is 0 Å². The average molecular weight is 284 g/mol. The summed E-state index contributed by atoms with van der Waals surface area (Å²) in [5.41, 5.74) is 1.93. The number of hydrogen-bond acceptors (Lipinski definition) is 4. The zero-order valence-corrected chi connectivity index (χ0v) is 11.4. The first-order valence-electron chi connectivity index (χ1n) is 6.61. The van der Waals surface area contributed by atoms with Gasteiger partial charge in [-0.3, -0.25) is 15.1 Å². The number of aliphatic imine (C=N–C) groups is 1. The van der Waals surface area contributed by atoms with Gasteiger partial charge < -0.3 is 5.11 Å². The Hall–Kier alpha value is -2.53. The minimum atomic E-state index is -0.438. The van der Waals surface area contributed by atoms with Gasteiger partial charge in [0.25, 0.3) is 5.69 Å². The van der Waals surface area contributed by atoms with Gasteiger partial charge in [0.05, 0.1) is 17.6 Å². The molecule has 0 aliphatic carbocycles. The van der Waals surface area contributed by atoms with E-state index in [1.165, 1.54) is 12.1 Å². The highest BCUT2D eigenvalue weighted by atomic mass is 16.6. The number of nitrogens with zero attached hydrogens (tertiary/aromatic N) is 2. The number of hydrogen-bond donors (Lipinski definition) is 1. The molecule has 0 radical (unpaired) electrons. The summed E-state index contributed by atoms with van der Waals surface area (Å²) in [5.74, 6) is 0. The maximum absolute atomic E-state index is 10.6. The molecule has 2 aromatic carbocycles. The summed E-state index contributed by atoms with van der Waals surface area (Å²) in [6, 6.07) is 15.7. The number of nitro benzene ring substituents is 1. The van der Waals surface area contributed by atoms with E-state index in [-0.39, 0.29) is 18.3 Å². The van der Waals surface area contributed by atoms with Gasteiger partial charge in [-0.1, -0.05) is 30.3 Å². The first kappa shape index (κ1) is 14.9. The van der Waals surface area contributed by atoms with Crippen molar-refractivity contribution in [3.8, 4) is 0 Å². The molecule has 0 heterocycles. The van der Waals surface area contributed by atoms with E-state index < -0.39 is 4.92 Å². The molecule has 2 aromatic rings. The van der Waals surface area contributed by atoms with E-state index in [1.54, 1.807) is 18.3 Å². The molecule has 21 heavy (non-hydrogen) atoms. The largest absolute Gasteiger partial charge is 0.394 e. The number of non-ortho nitro benzene ring substituents is 1. The molecule has 0 amide bonds. The molecule has 1 N–H and O–H groups in total. The Labute approximate surface area is 122 Å². The molecule has 0 spiro atoms. The monoisotopic (exact) mass is 284 g/mol. The maximum atomic E-state index is 10.6. The molecular formula is C16H16N2O3. The van der Waals surface area contributed by atoms with Crippen LogP contribution in [0.4, 0.5) is 5.69 Å². The van der Waals surface area contributed by atoms with Crippen LogP contribution in [0.5, 0.6) is 0 Å². The second-order valence-corrected chi connectivity index (χ2v) is 4.65. The number of benzene rings is 2. The van der Waals surface area contributed by atoms with Crippen molar-refractivity contribution in [1.29, 1.82) is 0 Å². The minimum absolute atomic E-state index is 0.0433. The fraction of sp³-hybridized carbons (Fsp3) is 0.188. The van der Waals surface area contributed by atoms with Crippen molar-refractivity contribution in [3.63, 3.8) is 0 Å². The van der Waals surface area contributed by atoms with Gasteiger partial charge in [-0.15, -0.1) is 0 Å². The Morgan fingerprint density at radius 2 is 1.81 bits per heavy atom. The molecule has 0 aromatic heterocycles. The Bertz CT molecular complexity index is 609. The molecule has 0 aliphatic rings. The Balaban J connectivity index is 2.02. The van der Waals surface area contributed by atoms with Crippen molar-refractivity contribution in [3.05, 3.63) is 75.8 Å². The first-order valence-corrected chi connectivity index (χ1v) is 6.61. The van der Waals surface area contributed by atoms with Crippen LogP contribution in [-0.2, 0) is 6.42 Å². The van der Waals surface area contributed by atoms with E-state index in [2.05, 4.69) is 4.99 Å². The van der Waals surface area contributed by atoms with E-state index in [0.29, 0.717) is 6.42 Å². The average Bonchev–Trinajstić information content (AvgIpc) is 2.52. The lowest BCUT2D eigenvalue weighted by Gasteiger charge is -2.08. The van der Waals surface area contributed by atoms with Crippen LogP contribution < -0.4 is 0 Å². The summed E-state index contributed by atoms with van der Waals surface area (Å²) in [6.07, 6.45) is 2.29. The molecule has 2 rings (SSSR count). The Morgan fingerprint density at radius 3 is 2.38 bits per heavy atom. The molecule has 0 saturated heterocycles. The highest BCUT2D eigenvalue weighted by Gasteiger charge is 2.06. The lowest BCUT2D eigenvalue weighted by molar-refractivity contribution is -0.384. The van der Waals surface area contributed by atoms with E-state index in [0.717, 1.165) is 11.1 Å². The van der Waals surface area contributed by atoms with Crippen LogP contribution in [0.3, 0.4) is 0 Å². The highest BCUT2D eigenvalue weighted by Crippen LogP contribution is 2.11. The van der Waals surface area contributed by atoms with Crippen LogP contribution in [0.15, 0.2) is 59.6 Å². The number of rotatable bonds is 6. The third-order valence-corrected chi connectivity index (χ3v) is 3.06. The van der Waals surface area contributed by atoms with Crippen LogP contribution in [0, 0.1) is 10.1 Å². The summed E-state index contributed by atoms with van der Waals surface area (Å²) < 4.78 is 0. The Morgan fingerprint density at radius 1 is 1.14 bits per heavy atom. The van der Waals surface area contributed by atoms with E-state index >= 15 is 0 Å². The zero-order chi connectivity index (χ0) is 15.1. The second kappa shape index (κ2) is 7.31. The number of aliphatic hydroxyl groups is 1. The van der Waals surface area contributed by atoms with Crippen LogP contribution in [0.25, 0.3) is 0 Å². The van der Waals surface area contributed by atoms with E-state index in [1.807, 2.05) is 30.3 Å². The molecule has 5 nitrogen and oxygen atoms in total. The topological polar surface area (TPSA) is 75.7 Å². The Kier molecular flexibility index (Phi) is 5.17. The van der Waals surface area contributed by atoms with Crippen molar-refractivity contribution in [1.82, 2.24) is 0 Å². The van der Waals surface area contributed by atoms with Gasteiger partial charge in [0, 0.05) is 18.3 Å². The summed E-state index contributed by atoms with van der Waals surface area (Å²) in [4.78, 5) is 14.5. The highest BCUT2D eigenvalue weighted by molar-refractivity contribution is 5.80. The SMILES string of the molecule is O=[N+]([O-])c1ccc(C=N[C@H](CO)Cc2ccccc2)cc1. The first-order chi connectivity index (χ1) is 10.2. The van der Waals surface area contributed by atoms with Gasteiger partial charge >= 0.3 is 0 Å². The van der Waals surface area contributed by atoms with Crippen molar-refractivity contribution in [2.75, 3.05) is 6.61 Å². The summed E-state index contributed by atoms with van der Waals surface area (Å²) in [5, 5.41) is 19.9.